The van der Waals surface area contributed by atoms with Gasteiger partial charge in [0.2, 0.25) is 5.91 Å². The molecule has 0 saturated heterocycles. The first-order chi connectivity index (χ1) is 12.1. The molecule has 6 heteroatoms. The maximum Gasteiger partial charge on any atom is 0.226 e. The standard InChI is InChI=1S/C19H21N5O/c1-4-5-17(25)24-7-6-13-16(10-24)22-23-18(13)19-20-14-8-11(2)12(3)9-15(14)21-19/h4,8-9H,1,5-7,10H2,2-3H3,(H,20,21)(H,22,23). The third-order valence-corrected chi connectivity index (χ3v) is 4.93. The van der Waals surface area contributed by atoms with E-state index < -0.39 is 0 Å². The van der Waals surface area contributed by atoms with Crippen LogP contribution < -0.4 is 0 Å². The monoisotopic (exact) mass is 335 g/mol. The molecule has 0 atom stereocenters. The highest BCUT2D eigenvalue weighted by Crippen LogP contribution is 2.29. The summed E-state index contributed by atoms with van der Waals surface area (Å²) in [4.78, 5) is 22.0. The molecule has 1 aliphatic rings. The first-order valence-electron chi connectivity index (χ1n) is 8.49. The average Bonchev–Trinajstić information content (AvgIpc) is 3.18. The zero-order valence-corrected chi connectivity index (χ0v) is 14.5. The van der Waals surface area contributed by atoms with Crippen molar-refractivity contribution in [3.8, 4) is 11.5 Å². The maximum absolute atomic E-state index is 12.1. The van der Waals surface area contributed by atoms with E-state index in [1.807, 2.05) is 4.90 Å². The van der Waals surface area contributed by atoms with Gasteiger partial charge < -0.3 is 9.88 Å². The largest absolute Gasteiger partial charge is 0.337 e. The van der Waals surface area contributed by atoms with Crippen molar-refractivity contribution in [3.63, 3.8) is 0 Å². The second-order valence-electron chi connectivity index (χ2n) is 6.63. The number of carbonyl (C=O) groups excluding carboxylic acids is 1. The van der Waals surface area contributed by atoms with Crippen LogP contribution in [-0.2, 0) is 17.8 Å². The number of nitrogens with zero attached hydrogens (tertiary/aromatic N) is 3. The molecule has 25 heavy (non-hydrogen) atoms. The first kappa shape index (κ1) is 15.6. The molecule has 0 fully saturated rings. The van der Waals surface area contributed by atoms with Gasteiger partial charge in [0.15, 0.2) is 5.82 Å². The molecular formula is C19H21N5O. The Morgan fingerprint density at radius 3 is 2.96 bits per heavy atom. The summed E-state index contributed by atoms with van der Waals surface area (Å²) < 4.78 is 0. The van der Waals surface area contributed by atoms with Crippen LogP contribution in [0, 0.1) is 13.8 Å². The molecule has 0 bridgehead atoms. The number of nitrogens with one attached hydrogen (secondary N) is 2. The lowest BCUT2D eigenvalue weighted by Crippen LogP contribution is -2.35. The zero-order chi connectivity index (χ0) is 17.6. The van der Waals surface area contributed by atoms with Crippen LogP contribution in [0.3, 0.4) is 0 Å². The van der Waals surface area contributed by atoms with Crippen molar-refractivity contribution >= 4 is 16.9 Å². The number of rotatable bonds is 3. The lowest BCUT2D eigenvalue weighted by molar-refractivity contribution is -0.131. The van der Waals surface area contributed by atoms with Gasteiger partial charge in [0.05, 0.1) is 23.3 Å². The molecule has 1 amide bonds. The molecular weight excluding hydrogens is 314 g/mol. The first-order valence-corrected chi connectivity index (χ1v) is 8.49. The van der Waals surface area contributed by atoms with Crippen LogP contribution in [-0.4, -0.2) is 37.5 Å². The van der Waals surface area contributed by atoms with E-state index >= 15 is 0 Å². The van der Waals surface area contributed by atoms with Gasteiger partial charge in [-0.15, -0.1) is 6.58 Å². The number of aryl methyl sites for hydroxylation is 2. The third kappa shape index (κ3) is 2.63. The Morgan fingerprint density at radius 1 is 1.36 bits per heavy atom. The number of H-pyrrole nitrogens is 2. The molecule has 2 aromatic heterocycles. The minimum atomic E-state index is 0.103. The van der Waals surface area contributed by atoms with Gasteiger partial charge in [-0.25, -0.2) is 4.98 Å². The predicted molar refractivity (Wildman–Crippen MR) is 97.1 cm³/mol. The highest BCUT2D eigenvalue weighted by Gasteiger charge is 2.26. The van der Waals surface area contributed by atoms with E-state index in [-0.39, 0.29) is 5.91 Å². The van der Waals surface area contributed by atoms with Crippen LogP contribution in [0.25, 0.3) is 22.6 Å². The van der Waals surface area contributed by atoms with Crippen molar-refractivity contribution in [2.45, 2.75) is 33.2 Å². The maximum atomic E-state index is 12.1. The topological polar surface area (TPSA) is 77.7 Å². The van der Waals surface area contributed by atoms with Gasteiger partial charge >= 0.3 is 0 Å². The molecule has 0 spiro atoms. The number of amides is 1. The Balaban J connectivity index is 1.68. The van der Waals surface area contributed by atoms with Crippen molar-refractivity contribution in [1.82, 2.24) is 25.1 Å². The number of aromatic nitrogens is 4. The van der Waals surface area contributed by atoms with Crippen LogP contribution in [0.2, 0.25) is 0 Å². The van der Waals surface area contributed by atoms with Crippen LogP contribution in [0.4, 0.5) is 0 Å². The molecule has 0 aliphatic carbocycles. The van der Waals surface area contributed by atoms with E-state index in [9.17, 15) is 4.79 Å². The fourth-order valence-corrected chi connectivity index (χ4v) is 3.36. The van der Waals surface area contributed by atoms with Gasteiger partial charge in [-0.3, -0.25) is 9.89 Å². The number of benzene rings is 1. The Hall–Kier alpha value is -2.89. The molecule has 6 nitrogen and oxygen atoms in total. The van der Waals surface area contributed by atoms with E-state index in [0.29, 0.717) is 19.5 Å². The Labute approximate surface area is 146 Å². The summed E-state index contributed by atoms with van der Waals surface area (Å²) in [5, 5.41) is 7.56. The lowest BCUT2D eigenvalue weighted by atomic mass is 10.0. The Kier molecular flexibility index (Phi) is 3.67. The van der Waals surface area contributed by atoms with Gasteiger partial charge in [-0.1, -0.05) is 6.08 Å². The van der Waals surface area contributed by atoms with E-state index in [4.69, 9.17) is 4.98 Å². The van der Waals surface area contributed by atoms with E-state index in [0.717, 1.165) is 40.2 Å². The van der Waals surface area contributed by atoms with Crippen LogP contribution >= 0.6 is 0 Å². The number of carbonyl (C=O) groups is 1. The van der Waals surface area contributed by atoms with Gasteiger partial charge in [0, 0.05) is 18.5 Å². The summed E-state index contributed by atoms with van der Waals surface area (Å²) in [5.74, 6) is 0.884. The Bertz CT molecular complexity index is 942. The zero-order valence-electron chi connectivity index (χ0n) is 14.5. The summed E-state index contributed by atoms with van der Waals surface area (Å²) in [6.07, 6.45) is 2.80. The lowest BCUT2D eigenvalue weighted by Gasteiger charge is -2.26. The molecule has 2 N–H and O–H groups in total. The van der Waals surface area contributed by atoms with Crippen LogP contribution in [0.1, 0.15) is 28.8 Å². The summed E-state index contributed by atoms with van der Waals surface area (Å²) in [6, 6.07) is 4.22. The van der Waals surface area contributed by atoms with Crippen molar-refractivity contribution < 1.29 is 4.79 Å². The fourth-order valence-electron chi connectivity index (χ4n) is 3.36. The number of hydrogen-bond donors (Lipinski definition) is 2. The predicted octanol–water partition coefficient (Wildman–Crippen LogP) is 3.03. The normalized spacial score (nSPS) is 13.9. The van der Waals surface area contributed by atoms with Crippen molar-refractivity contribution in [2.24, 2.45) is 0 Å². The smallest absolute Gasteiger partial charge is 0.226 e. The minimum absolute atomic E-state index is 0.103. The molecule has 3 aromatic rings. The van der Waals surface area contributed by atoms with Crippen molar-refractivity contribution in [3.05, 3.63) is 47.2 Å². The van der Waals surface area contributed by atoms with E-state index in [1.54, 1.807) is 6.08 Å². The quantitative estimate of drug-likeness (QED) is 0.722. The molecule has 1 aromatic carbocycles. The molecule has 0 saturated carbocycles. The summed E-state index contributed by atoms with van der Waals surface area (Å²) in [7, 11) is 0. The van der Waals surface area contributed by atoms with Crippen molar-refractivity contribution in [2.75, 3.05) is 6.54 Å². The summed E-state index contributed by atoms with van der Waals surface area (Å²) >= 11 is 0. The molecule has 3 heterocycles. The molecule has 1 aliphatic heterocycles. The van der Waals surface area contributed by atoms with Gasteiger partial charge in [0.1, 0.15) is 5.69 Å². The van der Waals surface area contributed by atoms with E-state index in [2.05, 4.69) is 47.7 Å². The average molecular weight is 335 g/mol. The summed E-state index contributed by atoms with van der Waals surface area (Å²) in [6.45, 7) is 9.09. The fraction of sp³-hybridized carbons (Fsp3) is 0.316. The molecule has 0 unspecified atom stereocenters. The molecule has 128 valence electrons. The van der Waals surface area contributed by atoms with Crippen LogP contribution in [0.5, 0.6) is 0 Å². The number of aromatic amines is 2. The summed E-state index contributed by atoms with van der Waals surface area (Å²) in [5.41, 5.74) is 7.44. The van der Waals surface area contributed by atoms with Gasteiger partial charge in [-0.2, -0.15) is 5.10 Å². The minimum Gasteiger partial charge on any atom is -0.337 e. The number of imidazole rings is 1. The third-order valence-electron chi connectivity index (χ3n) is 4.93. The SMILES string of the molecule is C=CCC(=O)N1CCc2c(-c3nc4cc(C)c(C)cc4[nH]3)n[nH]c2C1. The second kappa shape index (κ2) is 5.88. The second-order valence-corrected chi connectivity index (χ2v) is 6.63. The van der Waals surface area contributed by atoms with Gasteiger partial charge in [-0.05, 0) is 43.5 Å². The highest BCUT2D eigenvalue weighted by atomic mass is 16.2. The Morgan fingerprint density at radius 2 is 2.16 bits per heavy atom. The molecule has 0 radical (unpaired) electrons. The number of hydrogen-bond acceptors (Lipinski definition) is 3. The van der Waals surface area contributed by atoms with Crippen molar-refractivity contribution in [1.29, 1.82) is 0 Å². The van der Waals surface area contributed by atoms with E-state index in [1.165, 1.54) is 11.1 Å². The molecule has 4 rings (SSSR count). The van der Waals surface area contributed by atoms with Crippen LogP contribution in [0.15, 0.2) is 24.8 Å². The van der Waals surface area contributed by atoms with Gasteiger partial charge in [0.25, 0.3) is 0 Å². The number of fused-ring (bicyclic) bond motifs is 2. The highest BCUT2D eigenvalue weighted by molar-refractivity contribution is 5.81.